The number of aliphatic hydroxyl groups excluding tert-OH is 1. The molecule has 1 rings (SSSR count). The molecule has 1 aromatic rings. The van der Waals surface area contributed by atoms with E-state index in [2.05, 4.69) is 17.3 Å². The number of amides is 1. The van der Waals surface area contributed by atoms with Crippen LogP contribution >= 0.6 is 0 Å². The van der Waals surface area contributed by atoms with Crippen molar-refractivity contribution in [2.45, 2.75) is 53.1 Å². The fourth-order valence-corrected chi connectivity index (χ4v) is 2.17. The molecule has 0 spiro atoms. The van der Waals surface area contributed by atoms with Gasteiger partial charge in [0.2, 0.25) is 5.91 Å². The molecule has 5 heteroatoms. The fourth-order valence-electron chi connectivity index (χ4n) is 2.17. The fraction of sp³-hybridized carbons (Fsp3) is 0.733. The highest BCUT2D eigenvalue weighted by molar-refractivity contribution is 5.76. The molecule has 1 amide bonds. The first-order chi connectivity index (χ1) is 9.32. The Labute approximate surface area is 121 Å². The summed E-state index contributed by atoms with van der Waals surface area (Å²) in [6.45, 7) is 8.53. The van der Waals surface area contributed by atoms with Gasteiger partial charge in [-0.1, -0.05) is 13.8 Å². The number of nitrogens with zero attached hydrogens (tertiary/aromatic N) is 2. The lowest BCUT2D eigenvalue weighted by atomic mass is 10.0. The number of aryl methyl sites for hydroxylation is 2. The molecule has 0 aliphatic carbocycles. The van der Waals surface area contributed by atoms with Crippen molar-refractivity contribution in [1.29, 1.82) is 0 Å². The van der Waals surface area contributed by atoms with E-state index in [9.17, 15) is 9.90 Å². The second kappa shape index (κ2) is 7.43. The van der Waals surface area contributed by atoms with Crippen molar-refractivity contribution >= 4 is 5.91 Å². The van der Waals surface area contributed by atoms with Gasteiger partial charge >= 0.3 is 0 Å². The van der Waals surface area contributed by atoms with E-state index in [1.807, 2.05) is 32.5 Å². The van der Waals surface area contributed by atoms with Gasteiger partial charge in [-0.05, 0) is 38.2 Å². The van der Waals surface area contributed by atoms with Crippen LogP contribution in [-0.2, 0) is 18.3 Å². The Morgan fingerprint density at radius 1 is 1.40 bits per heavy atom. The standard InChI is InChI=1S/C15H27N3O2/c1-10(2)14(19)9-15(20)16-8-6-7-13-11(3)17-18(5)12(13)4/h10,14,19H,6-9H2,1-5H3,(H,16,20). The number of hydrogen-bond acceptors (Lipinski definition) is 3. The molecule has 0 saturated heterocycles. The molecule has 0 aliphatic rings. The van der Waals surface area contributed by atoms with E-state index in [0.29, 0.717) is 6.54 Å². The molecule has 0 fully saturated rings. The van der Waals surface area contributed by atoms with E-state index >= 15 is 0 Å². The van der Waals surface area contributed by atoms with E-state index in [1.54, 1.807) is 0 Å². The smallest absolute Gasteiger partial charge is 0.222 e. The van der Waals surface area contributed by atoms with Gasteiger partial charge in [0, 0.05) is 19.3 Å². The van der Waals surface area contributed by atoms with E-state index in [0.717, 1.165) is 18.5 Å². The van der Waals surface area contributed by atoms with Crippen molar-refractivity contribution in [2.75, 3.05) is 6.54 Å². The number of hydrogen-bond donors (Lipinski definition) is 2. The molecule has 0 bridgehead atoms. The Kier molecular flexibility index (Phi) is 6.20. The SMILES string of the molecule is Cc1nn(C)c(C)c1CCCNC(=O)CC(O)C(C)C. The van der Waals surface area contributed by atoms with Crippen molar-refractivity contribution in [1.82, 2.24) is 15.1 Å². The minimum absolute atomic E-state index is 0.0779. The average molecular weight is 281 g/mol. The van der Waals surface area contributed by atoms with Crippen LogP contribution in [0.1, 0.15) is 43.6 Å². The summed E-state index contributed by atoms with van der Waals surface area (Å²) in [5.41, 5.74) is 3.51. The summed E-state index contributed by atoms with van der Waals surface area (Å²) in [6.07, 6.45) is 1.43. The molecule has 2 N–H and O–H groups in total. The lowest BCUT2D eigenvalue weighted by molar-refractivity contribution is -0.123. The maximum atomic E-state index is 11.6. The molecule has 114 valence electrons. The highest BCUT2D eigenvalue weighted by atomic mass is 16.3. The molecule has 20 heavy (non-hydrogen) atoms. The number of carbonyl (C=O) groups is 1. The molecule has 0 radical (unpaired) electrons. The molecule has 0 aliphatic heterocycles. The monoisotopic (exact) mass is 281 g/mol. The highest BCUT2D eigenvalue weighted by Gasteiger charge is 2.14. The highest BCUT2D eigenvalue weighted by Crippen LogP contribution is 2.13. The van der Waals surface area contributed by atoms with E-state index < -0.39 is 6.10 Å². The van der Waals surface area contributed by atoms with Gasteiger partial charge in [0.15, 0.2) is 0 Å². The van der Waals surface area contributed by atoms with Gasteiger partial charge in [-0.3, -0.25) is 9.48 Å². The Morgan fingerprint density at radius 2 is 2.05 bits per heavy atom. The predicted octanol–water partition coefficient (Wildman–Crippen LogP) is 1.49. The number of nitrogens with one attached hydrogen (secondary N) is 1. The van der Waals surface area contributed by atoms with Gasteiger partial charge in [0.25, 0.3) is 0 Å². The molecule has 1 heterocycles. The lowest BCUT2D eigenvalue weighted by Gasteiger charge is -2.13. The first kappa shape index (κ1) is 16.7. The van der Waals surface area contributed by atoms with Crippen LogP contribution in [0.2, 0.25) is 0 Å². The normalized spacial score (nSPS) is 12.8. The maximum absolute atomic E-state index is 11.6. The lowest BCUT2D eigenvalue weighted by Crippen LogP contribution is -2.30. The Morgan fingerprint density at radius 3 is 2.55 bits per heavy atom. The Bertz CT molecular complexity index is 452. The minimum Gasteiger partial charge on any atom is -0.392 e. The van der Waals surface area contributed by atoms with Gasteiger partial charge in [0.1, 0.15) is 0 Å². The van der Waals surface area contributed by atoms with Crippen LogP contribution < -0.4 is 5.32 Å². The molecule has 1 atom stereocenters. The average Bonchev–Trinajstić information content (AvgIpc) is 2.60. The molecule has 0 aromatic carbocycles. The third-order valence-electron chi connectivity index (χ3n) is 3.75. The number of aliphatic hydroxyl groups is 1. The molecule has 5 nitrogen and oxygen atoms in total. The topological polar surface area (TPSA) is 67.2 Å². The number of rotatable bonds is 7. The van der Waals surface area contributed by atoms with Crippen LogP contribution in [0.3, 0.4) is 0 Å². The van der Waals surface area contributed by atoms with Gasteiger partial charge in [-0.2, -0.15) is 5.10 Å². The van der Waals surface area contributed by atoms with E-state index in [1.165, 1.54) is 11.3 Å². The van der Waals surface area contributed by atoms with Crippen LogP contribution in [0, 0.1) is 19.8 Å². The van der Waals surface area contributed by atoms with Gasteiger partial charge in [0.05, 0.1) is 18.2 Å². The zero-order valence-corrected chi connectivity index (χ0v) is 13.2. The van der Waals surface area contributed by atoms with E-state index in [-0.39, 0.29) is 18.2 Å². The summed E-state index contributed by atoms with van der Waals surface area (Å²) >= 11 is 0. The van der Waals surface area contributed by atoms with E-state index in [4.69, 9.17) is 0 Å². The summed E-state index contributed by atoms with van der Waals surface area (Å²) in [4.78, 5) is 11.6. The van der Waals surface area contributed by atoms with Crippen LogP contribution in [0.15, 0.2) is 0 Å². The third-order valence-corrected chi connectivity index (χ3v) is 3.75. The summed E-state index contributed by atoms with van der Waals surface area (Å²) in [6, 6.07) is 0. The molecular weight excluding hydrogens is 254 g/mol. The number of carbonyl (C=O) groups excluding carboxylic acids is 1. The number of aromatic nitrogens is 2. The second-order valence-corrected chi connectivity index (χ2v) is 5.74. The molecule has 0 saturated carbocycles. The van der Waals surface area contributed by atoms with Gasteiger partial charge in [-0.15, -0.1) is 0 Å². The Hall–Kier alpha value is -1.36. The zero-order valence-electron chi connectivity index (χ0n) is 13.2. The van der Waals surface area contributed by atoms with Crippen molar-refractivity contribution in [3.63, 3.8) is 0 Å². The zero-order chi connectivity index (χ0) is 15.3. The van der Waals surface area contributed by atoms with Crippen molar-refractivity contribution < 1.29 is 9.90 Å². The first-order valence-electron chi connectivity index (χ1n) is 7.26. The Balaban J connectivity index is 2.30. The van der Waals surface area contributed by atoms with Crippen molar-refractivity contribution in [3.05, 3.63) is 17.0 Å². The quantitative estimate of drug-likeness (QED) is 0.744. The molecule has 1 unspecified atom stereocenters. The van der Waals surface area contributed by atoms with Crippen LogP contribution in [0.5, 0.6) is 0 Å². The first-order valence-corrected chi connectivity index (χ1v) is 7.26. The second-order valence-electron chi connectivity index (χ2n) is 5.74. The van der Waals surface area contributed by atoms with Crippen LogP contribution in [-0.4, -0.2) is 33.4 Å². The summed E-state index contributed by atoms with van der Waals surface area (Å²) in [5.74, 6) is 0.0345. The van der Waals surface area contributed by atoms with Crippen LogP contribution in [0.4, 0.5) is 0 Å². The summed E-state index contributed by atoms with van der Waals surface area (Å²) in [7, 11) is 1.95. The minimum atomic E-state index is -0.558. The largest absolute Gasteiger partial charge is 0.392 e. The van der Waals surface area contributed by atoms with Crippen molar-refractivity contribution in [3.8, 4) is 0 Å². The third kappa shape index (κ3) is 4.63. The summed E-state index contributed by atoms with van der Waals surface area (Å²) in [5, 5.41) is 16.9. The van der Waals surface area contributed by atoms with Crippen molar-refractivity contribution in [2.24, 2.45) is 13.0 Å². The predicted molar refractivity (Wildman–Crippen MR) is 79.5 cm³/mol. The van der Waals surface area contributed by atoms with Gasteiger partial charge in [-0.25, -0.2) is 0 Å². The van der Waals surface area contributed by atoms with Crippen LogP contribution in [0.25, 0.3) is 0 Å². The summed E-state index contributed by atoms with van der Waals surface area (Å²) < 4.78 is 1.89. The molecule has 1 aromatic heterocycles. The maximum Gasteiger partial charge on any atom is 0.222 e. The molecular formula is C15H27N3O2. The van der Waals surface area contributed by atoms with Gasteiger partial charge < -0.3 is 10.4 Å².